The maximum atomic E-state index is 3.69. The molecule has 2 aliphatic rings. The zero-order valence-electron chi connectivity index (χ0n) is 34.3. The van der Waals surface area contributed by atoms with E-state index in [1.165, 1.54) is 106 Å². The van der Waals surface area contributed by atoms with Crippen LogP contribution in [0.5, 0.6) is 0 Å². The molecular weight excluding hydrogens is 751 g/mol. The summed E-state index contributed by atoms with van der Waals surface area (Å²) in [5.74, 6) is 0.573. The molecule has 0 amide bonds. The molecule has 0 radical (unpaired) electrons. The van der Waals surface area contributed by atoms with E-state index < -0.39 is 0 Å². The molecule has 0 N–H and O–H groups in total. The van der Waals surface area contributed by atoms with E-state index in [1.807, 2.05) is 0 Å². The monoisotopic (exact) mass is 808 g/mol. The molecule has 4 aromatic rings. The summed E-state index contributed by atoms with van der Waals surface area (Å²) in [4.78, 5) is 0. The van der Waals surface area contributed by atoms with E-state index in [-0.39, 0.29) is 35.6 Å². The third kappa shape index (κ3) is 11.6. The second kappa shape index (κ2) is 18.3. The molecule has 1 unspecified atom stereocenters. The van der Waals surface area contributed by atoms with E-state index in [0.717, 1.165) is 6.42 Å². The second-order valence-corrected chi connectivity index (χ2v) is 18.7. The van der Waals surface area contributed by atoms with Gasteiger partial charge < -0.3 is 24.8 Å². The van der Waals surface area contributed by atoms with Crippen molar-refractivity contribution in [2.24, 2.45) is 11.3 Å². The molecule has 0 heterocycles. The number of rotatable bonds is 3. The average molecular weight is 811 g/mol. The number of fused-ring (bicyclic) bond motifs is 3. The molecule has 6 rings (SSSR count). The van der Waals surface area contributed by atoms with Crippen molar-refractivity contribution in [1.82, 2.24) is 0 Å². The Morgan fingerprint density at radius 1 is 0.673 bits per heavy atom. The Bertz CT molecular complexity index is 1770. The zero-order valence-corrected chi connectivity index (χ0v) is 38.2. The van der Waals surface area contributed by atoms with Crippen LogP contribution in [0.25, 0.3) is 11.1 Å². The minimum atomic E-state index is 0. The van der Waals surface area contributed by atoms with E-state index in [2.05, 4.69) is 188 Å². The molecule has 0 spiro atoms. The summed E-state index contributed by atoms with van der Waals surface area (Å²) in [6, 6.07) is 28.5. The number of benzene rings is 4. The van der Waals surface area contributed by atoms with Crippen molar-refractivity contribution in [2.75, 3.05) is 0 Å². The van der Waals surface area contributed by atoms with Crippen LogP contribution in [0.4, 0.5) is 0 Å². The van der Waals surface area contributed by atoms with Gasteiger partial charge in [-0.15, -0.1) is 16.7 Å². The van der Waals surface area contributed by atoms with Gasteiger partial charge in [0.1, 0.15) is 0 Å². The van der Waals surface area contributed by atoms with Gasteiger partial charge in [0, 0.05) is 0 Å². The average Bonchev–Trinajstić information content (AvgIpc) is 3.65. The first-order chi connectivity index (χ1) is 23.2. The number of aryl methyl sites for hydroxylation is 4. The summed E-state index contributed by atoms with van der Waals surface area (Å²) >= 11 is 1.46. The molecule has 4 aromatic carbocycles. The molecule has 52 heavy (non-hydrogen) atoms. The smallest absolute Gasteiger partial charge is 1.00 e. The number of hydrogen-bond acceptors (Lipinski definition) is 0. The molecule has 0 aliphatic heterocycles. The fraction of sp³-hybridized carbons (Fsp3) is 0.408. The van der Waals surface area contributed by atoms with Crippen LogP contribution >= 0.6 is 0 Å². The Kier molecular flexibility index (Phi) is 16.2. The molecule has 3 heteroatoms. The van der Waals surface area contributed by atoms with Crippen molar-refractivity contribution in [3.8, 4) is 11.1 Å². The molecule has 2 aliphatic carbocycles. The Hall–Kier alpha value is -2.31. The van der Waals surface area contributed by atoms with Gasteiger partial charge in [0.25, 0.3) is 0 Å². The molecule has 0 fully saturated rings. The predicted molar refractivity (Wildman–Crippen MR) is 215 cm³/mol. The van der Waals surface area contributed by atoms with Crippen LogP contribution in [0.3, 0.4) is 0 Å². The summed E-state index contributed by atoms with van der Waals surface area (Å²) in [7, 11) is 0. The van der Waals surface area contributed by atoms with Crippen LogP contribution in [0.1, 0.15) is 131 Å². The number of hydrogen-bond donors (Lipinski definition) is 0. The molecule has 1 atom stereocenters. The first-order valence-electron chi connectivity index (χ1n) is 18.4. The van der Waals surface area contributed by atoms with Crippen molar-refractivity contribution < 1.29 is 49.0 Å². The molecule has 0 saturated heterocycles. The van der Waals surface area contributed by atoms with Gasteiger partial charge in [-0.2, -0.15) is 29.3 Å². The Morgan fingerprint density at radius 3 is 1.56 bits per heavy atom. The summed E-state index contributed by atoms with van der Waals surface area (Å²) in [5.41, 5.74) is 18.7. The van der Waals surface area contributed by atoms with Crippen molar-refractivity contribution in [3.05, 3.63) is 152 Å². The molecule has 0 aromatic heterocycles. The quantitative estimate of drug-likeness (QED) is 0.172. The predicted octanol–water partition coefficient (Wildman–Crippen LogP) is 7.05. The van der Waals surface area contributed by atoms with Crippen LogP contribution in [-0.2, 0) is 41.5 Å². The minimum absolute atomic E-state index is 0. The third-order valence-corrected chi connectivity index (χ3v) is 11.3. The minimum Gasteiger partial charge on any atom is -1.00 e. The fourth-order valence-corrected chi connectivity index (χ4v) is 7.66. The van der Waals surface area contributed by atoms with Crippen molar-refractivity contribution >= 4 is 3.21 Å². The van der Waals surface area contributed by atoms with Gasteiger partial charge in [-0.25, -0.2) is 6.08 Å². The van der Waals surface area contributed by atoms with E-state index in [4.69, 9.17) is 0 Å². The molecule has 0 bridgehead atoms. The van der Waals surface area contributed by atoms with Gasteiger partial charge in [-0.05, 0) is 35.4 Å². The first kappa shape index (κ1) is 45.8. The maximum absolute atomic E-state index is 3.69. The summed E-state index contributed by atoms with van der Waals surface area (Å²) in [5, 5.41) is 0. The molecule has 0 saturated carbocycles. The van der Waals surface area contributed by atoms with Crippen molar-refractivity contribution in [1.29, 1.82) is 0 Å². The fourth-order valence-electron chi connectivity index (χ4n) is 6.84. The zero-order chi connectivity index (χ0) is 37.2. The van der Waals surface area contributed by atoms with Gasteiger partial charge in [0.2, 0.25) is 0 Å². The SMILES string of the molecule is CCC1[C-]=CC(C(C)(C)C)=C1.Cc1[c-]c2c(cc1C(C)(C)C)-c1cc(C(C)(C)C)c(C)cc1C2.Cc1ccc([C](=[Zr+2])c2ccc(C)cc2)cc1.[Cl-].[Cl-]. The van der Waals surface area contributed by atoms with Crippen LogP contribution in [0.15, 0.2) is 84.5 Å². The van der Waals surface area contributed by atoms with Crippen molar-refractivity contribution in [3.63, 3.8) is 0 Å². The van der Waals surface area contributed by atoms with Crippen LogP contribution in [0, 0.1) is 51.2 Å². The standard InChI is InChI=1S/C23H29.C15H14.C11H17.2ClH.Zr/c1-14-9-16-11-17-10-15(2)21(23(6,7)8)13-19(17)18(16)12-20(14)22(3,4)5;1-12-3-7-14(8-4-12)11-15-9-5-13(2)6-10-15;1-5-9-6-7-10(8-9)11(2,3)4;;;/h9,12-13H,11H2,1-8H3;3-10H,1-2H3;7-9H,5H2,1-4H3;2*1H;/q-1;;-1;;;+2/p-2. The van der Waals surface area contributed by atoms with E-state index >= 15 is 0 Å². The first-order valence-corrected chi connectivity index (χ1v) is 19.7. The summed E-state index contributed by atoms with van der Waals surface area (Å²) in [6.45, 7) is 31.4. The Labute approximate surface area is 345 Å². The summed E-state index contributed by atoms with van der Waals surface area (Å²) < 4.78 is 1.42. The van der Waals surface area contributed by atoms with E-state index in [1.54, 1.807) is 0 Å². The van der Waals surface area contributed by atoms with Crippen LogP contribution < -0.4 is 24.8 Å². The van der Waals surface area contributed by atoms with E-state index in [0.29, 0.717) is 11.3 Å². The van der Waals surface area contributed by atoms with Gasteiger partial charge >= 0.3 is 112 Å². The molecular formula is C49H60Cl2Zr-2. The third-order valence-electron chi connectivity index (χ3n) is 9.90. The van der Waals surface area contributed by atoms with Gasteiger partial charge in [0.05, 0.1) is 0 Å². The Morgan fingerprint density at radius 2 is 1.15 bits per heavy atom. The molecule has 276 valence electrons. The summed E-state index contributed by atoms with van der Waals surface area (Å²) in [6.07, 6.45) is 10.0. The van der Waals surface area contributed by atoms with Crippen molar-refractivity contribution in [2.45, 2.75) is 121 Å². The number of halogens is 2. The van der Waals surface area contributed by atoms with Crippen LogP contribution in [-0.4, -0.2) is 3.21 Å². The number of allylic oxidation sites excluding steroid dienone is 4. The molecule has 0 nitrogen and oxygen atoms in total. The largest absolute Gasteiger partial charge is 1.00 e. The normalized spacial score (nSPS) is 14.4. The van der Waals surface area contributed by atoms with E-state index in [9.17, 15) is 0 Å². The van der Waals surface area contributed by atoms with Crippen LogP contribution in [0.2, 0.25) is 0 Å². The second-order valence-electron chi connectivity index (χ2n) is 17.5. The topological polar surface area (TPSA) is 0 Å². The van der Waals surface area contributed by atoms with Gasteiger partial charge in [-0.3, -0.25) is 6.08 Å². The van der Waals surface area contributed by atoms with Gasteiger partial charge in [-0.1, -0.05) is 117 Å². The maximum Gasteiger partial charge on any atom is -1.00 e. The Balaban J connectivity index is 0.000000283. The van der Waals surface area contributed by atoms with Gasteiger partial charge in [0.15, 0.2) is 0 Å².